The number of benzene rings is 1. The van der Waals surface area contributed by atoms with Gasteiger partial charge in [-0.15, -0.1) is 0 Å². The largest absolute Gasteiger partial charge is 0.492 e. The van der Waals surface area contributed by atoms with Crippen LogP contribution >= 0.6 is 11.6 Å². The number of aromatic amines is 1. The van der Waals surface area contributed by atoms with Crippen molar-refractivity contribution in [2.24, 2.45) is 0 Å². The number of imidazole rings is 1. The normalized spacial score (nSPS) is 13.9. The van der Waals surface area contributed by atoms with Crippen LogP contribution in [0.3, 0.4) is 0 Å². The molecular weight excluding hydrogens is 380 g/mol. The Morgan fingerprint density at radius 1 is 1.29 bits per heavy atom. The zero-order valence-corrected chi connectivity index (χ0v) is 16.3. The van der Waals surface area contributed by atoms with E-state index in [2.05, 4.69) is 20.3 Å². The molecule has 2 aromatic heterocycles. The van der Waals surface area contributed by atoms with Crippen LogP contribution in [0, 0.1) is 0 Å². The Kier molecular flexibility index (Phi) is 5.34. The number of ether oxygens (including phenoxy) is 2. The first-order chi connectivity index (χ1) is 13.6. The molecule has 146 valence electrons. The molecule has 2 N–H and O–H groups in total. The maximum absolute atomic E-state index is 10.9. The summed E-state index contributed by atoms with van der Waals surface area (Å²) < 4.78 is 11.4. The Labute approximate surface area is 167 Å². The summed E-state index contributed by atoms with van der Waals surface area (Å²) in [6.07, 6.45) is 3.58. The van der Waals surface area contributed by atoms with Crippen LogP contribution in [0.15, 0.2) is 30.3 Å². The molecule has 2 heterocycles. The molecule has 0 bridgehead atoms. The molecule has 1 aromatic carbocycles. The first-order valence-electron chi connectivity index (χ1n) is 9.29. The van der Waals surface area contributed by atoms with Gasteiger partial charge in [-0.05, 0) is 49.6 Å². The summed E-state index contributed by atoms with van der Waals surface area (Å²) in [6, 6.07) is 9.79. The average Bonchev–Trinajstić information content (AvgIpc) is 3.03. The van der Waals surface area contributed by atoms with Crippen molar-refractivity contribution in [1.29, 1.82) is 0 Å². The number of hydrogen-bond acceptors (Lipinski definition) is 5. The number of amides is 1. The van der Waals surface area contributed by atoms with Crippen LogP contribution in [0.1, 0.15) is 26.2 Å². The minimum atomic E-state index is -0.0744. The summed E-state index contributed by atoms with van der Waals surface area (Å²) in [7, 11) is 0. The van der Waals surface area contributed by atoms with Crippen LogP contribution in [0.25, 0.3) is 22.4 Å². The molecule has 0 spiro atoms. The predicted molar refractivity (Wildman–Crippen MR) is 107 cm³/mol. The van der Waals surface area contributed by atoms with E-state index in [4.69, 9.17) is 21.1 Å². The molecule has 1 amide bonds. The molecule has 0 atom stereocenters. The Bertz CT molecular complexity index is 983. The smallest absolute Gasteiger partial charge is 0.296 e. The average molecular weight is 401 g/mol. The van der Waals surface area contributed by atoms with Crippen molar-refractivity contribution in [1.82, 2.24) is 20.3 Å². The van der Waals surface area contributed by atoms with Crippen molar-refractivity contribution in [2.75, 3.05) is 13.2 Å². The fourth-order valence-electron chi connectivity index (χ4n) is 2.91. The van der Waals surface area contributed by atoms with E-state index < -0.39 is 0 Å². The van der Waals surface area contributed by atoms with E-state index in [0.717, 1.165) is 23.9 Å². The molecular formula is C20H21ClN4O3. The number of carbonyl (C=O) groups excluding carboxylic acids is 1. The van der Waals surface area contributed by atoms with Crippen molar-refractivity contribution >= 4 is 28.7 Å². The number of nitrogens with one attached hydrogen (secondary N) is 2. The molecule has 1 aliphatic rings. The second-order valence-electron chi connectivity index (χ2n) is 6.76. The van der Waals surface area contributed by atoms with Crippen LogP contribution < -0.4 is 14.8 Å². The molecule has 3 aromatic rings. The van der Waals surface area contributed by atoms with Gasteiger partial charge >= 0.3 is 0 Å². The number of H-pyrrole nitrogens is 1. The van der Waals surface area contributed by atoms with E-state index in [-0.39, 0.29) is 12.0 Å². The number of aromatic nitrogens is 3. The van der Waals surface area contributed by atoms with Crippen molar-refractivity contribution in [3.05, 3.63) is 35.4 Å². The zero-order valence-electron chi connectivity index (χ0n) is 15.5. The molecule has 1 fully saturated rings. The molecule has 0 saturated heterocycles. The fourth-order valence-corrected chi connectivity index (χ4v) is 3.17. The van der Waals surface area contributed by atoms with Gasteiger partial charge in [0.25, 0.3) is 6.01 Å². The lowest BCUT2D eigenvalue weighted by atomic mass is 9.96. The minimum Gasteiger partial charge on any atom is -0.492 e. The monoisotopic (exact) mass is 400 g/mol. The number of halogens is 1. The second kappa shape index (κ2) is 8.06. The van der Waals surface area contributed by atoms with Crippen LogP contribution in [-0.2, 0) is 4.79 Å². The number of hydrogen-bond donors (Lipinski definition) is 2. The van der Waals surface area contributed by atoms with Crippen LogP contribution in [0.5, 0.6) is 11.8 Å². The van der Waals surface area contributed by atoms with Crippen LogP contribution in [-0.4, -0.2) is 40.1 Å². The molecule has 1 saturated carbocycles. The highest BCUT2D eigenvalue weighted by atomic mass is 35.5. The Morgan fingerprint density at radius 2 is 2.07 bits per heavy atom. The second-order valence-corrected chi connectivity index (χ2v) is 7.17. The van der Waals surface area contributed by atoms with Crippen molar-refractivity contribution < 1.29 is 14.3 Å². The van der Waals surface area contributed by atoms with E-state index in [0.29, 0.717) is 41.3 Å². The fraction of sp³-hybridized carbons (Fsp3) is 0.350. The summed E-state index contributed by atoms with van der Waals surface area (Å²) in [5.41, 5.74) is 2.84. The van der Waals surface area contributed by atoms with Crippen molar-refractivity contribution in [3.8, 4) is 23.0 Å². The van der Waals surface area contributed by atoms with Gasteiger partial charge in [0, 0.05) is 12.5 Å². The Balaban J connectivity index is 1.48. The number of pyridine rings is 1. The van der Waals surface area contributed by atoms with Gasteiger partial charge in [-0.2, -0.15) is 4.98 Å². The SMILES string of the molecule is CC(=O)NCCOc1ccc(-c2nc3nc(OC4CCC4)[nH]c3cc2Cl)cc1. The summed E-state index contributed by atoms with van der Waals surface area (Å²) >= 11 is 6.44. The number of carbonyl (C=O) groups is 1. The summed E-state index contributed by atoms with van der Waals surface area (Å²) in [5, 5.41) is 3.22. The van der Waals surface area contributed by atoms with E-state index in [1.165, 1.54) is 13.3 Å². The van der Waals surface area contributed by atoms with Crippen molar-refractivity contribution in [2.45, 2.75) is 32.3 Å². The molecule has 7 nitrogen and oxygen atoms in total. The lowest BCUT2D eigenvalue weighted by Crippen LogP contribution is -2.25. The molecule has 0 aliphatic heterocycles. The number of rotatable bonds is 7. The lowest BCUT2D eigenvalue weighted by molar-refractivity contribution is -0.119. The standard InChI is InChI=1S/C20H21ClN4O3/c1-12(26)22-9-10-27-14-7-5-13(6-8-14)18-16(21)11-17-19(24-18)25-20(23-17)28-15-3-2-4-15/h5-8,11,15H,2-4,9-10H2,1H3,(H,22,26)(H,23,24,25). The quantitative estimate of drug-likeness (QED) is 0.590. The highest BCUT2D eigenvalue weighted by Crippen LogP contribution is 2.31. The number of nitrogens with zero attached hydrogens (tertiary/aromatic N) is 2. The van der Waals surface area contributed by atoms with Gasteiger partial charge in [0.2, 0.25) is 5.91 Å². The summed E-state index contributed by atoms with van der Waals surface area (Å²) in [5.74, 6) is 0.636. The predicted octanol–water partition coefficient (Wildman–Crippen LogP) is 3.72. The highest BCUT2D eigenvalue weighted by Gasteiger charge is 2.21. The molecule has 8 heteroatoms. The summed E-state index contributed by atoms with van der Waals surface area (Å²) in [4.78, 5) is 23.0. The van der Waals surface area contributed by atoms with Gasteiger partial charge in [-0.3, -0.25) is 4.79 Å². The first kappa shape index (κ1) is 18.6. The van der Waals surface area contributed by atoms with Gasteiger partial charge in [0.05, 0.1) is 22.8 Å². The van der Waals surface area contributed by atoms with Crippen LogP contribution in [0.2, 0.25) is 5.02 Å². The first-order valence-corrected chi connectivity index (χ1v) is 9.67. The van der Waals surface area contributed by atoms with E-state index in [1.54, 1.807) is 0 Å². The molecule has 28 heavy (non-hydrogen) atoms. The third-order valence-electron chi connectivity index (χ3n) is 4.61. The van der Waals surface area contributed by atoms with E-state index >= 15 is 0 Å². The zero-order chi connectivity index (χ0) is 19.5. The van der Waals surface area contributed by atoms with Gasteiger partial charge in [-0.25, -0.2) is 4.98 Å². The number of fused-ring (bicyclic) bond motifs is 1. The van der Waals surface area contributed by atoms with Gasteiger partial charge < -0.3 is 19.8 Å². The lowest BCUT2D eigenvalue weighted by Gasteiger charge is -2.24. The highest BCUT2D eigenvalue weighted by molar-refractivity contribution is 6.33. The maximum atomic E-state index is 10.9. The van der Waals surface area contributed by atoms with Gasteiger partial charge in [0.1, 0.15) is 18.5 Å². The maximum Gasteiger partial charge on any atom is 0.296 e. The van der Waals surface area contributed by atoms with Crippen LogP contribution in [0.4, 0.5) is 0 Å². The van der Waals surface area contributed by atoms with Gasteiger partial charge in [0.15, 0.2) is 5.65 Å². The molecule has 0 radical (unpaired) electrons. The van der Waals surface area contributed by atoms with Gasteiger partial charge in [-0.1, -0.05) is 11.6 Å². The van der Waals surface area contributed by atoms with E-state index in [9.17, 15) is 4.79 Å². The van der Waals surface area contributed by atoms with E-state index in [1.807, 2.05) is 30.3 Å². The molecule has 1 aliphatic carbocycles. The molecule has 4 rings (SSSR count). The minimum absolute atomic E-state index is 0.0744. The Morgan fingerprint density at radius 3 is 2.75 bits per heavy atom. The Hall–Kier alpha value is -2.80. The van der Waals surface area contributed by atoms with Crippen molar-refractivity contribution in [3.63, 3.8) is 0 Å². The topological polar surface area (TPSA) is 89.1 Å². The summed E-state index contributed by atoms with van der Waals surface area (Å²) in [6.45, 7) is 2.34. The third-order valence-corrected chi connectivity index (χ3v) is 4.90. The molecule has 0 unspecified atom stereocenters. The third kappa shape index (κ3) is 4.20.